The van der Waals surface area contributed by atoms with Crippen LogP contribution in [0.5, 0.6) is 0 Å². The van der Waals surface area contributed by atoms with Crippen molar-refractivity contribution in [1.82, 2.24) is 15.2 Å². The molecule has 0 spiro atoms. The Morgan fingerprint density at radius 1 is 1.30 bits per heavy atom. The molecule has 1 saturated heterocycles. The summed E-state index contributed by atoms with van der Waals surface area (Å²) in [4.78, 5) is 5.97. The fourth-order valence-electron chi connectivity index (χ4n) is 3.39. The zero-order valence-corrected chi connectivity index (χ0v) is 12.6. The van der Waals surface area contributed by atoms with Crippen molar-refractivity contribution in [3.8, 4) is 0 Å². The predicted octanol–water partition coefficient (Wildman–Crippen LogP) is 2.91. The maximum atomic E-state index is 3.51. The van der Waals surface area contributed by atoms with Crippen LogP contribution in [0, 0.1) is 12.8 Å². The number of nitrogens with one attached hydrogen (secondary N) is 2. The first-order valence-electron chi connectivity index (χ1n) is 7.69. The van der Waals surface area contributed by atoms with E-state index >= 15 is 0 Å². The van der Waals surface area contributed by atoms with Crippen molar-refractivity contribution in [1.29, 1.82) is 0 Å². The summed E-state index contributed by atoms with van der Waals surface area (Å²) < 4.78 is 0. The molecule has 1 aromatic carbocycles. The van der Waals surface area contributed by atoms with Crippen LogP contribution >= 0.6 is 0 Å². The van der Waals surface area contributed by atoms with Gasteiger partial charge in [-0.3, -0.25) is 0 Å². The van der Waals surface area contributed by atoms with Crippen molar-refractivity contribution in [2.75, 3.05) is 26.7 Å². The number of hydrogen-bond donors (Lipinski definition) is 2. The lowest BCUT2D eigenvalue weighted by Gasteiger charge is -2.27. The highest BCUT2D eigenvalue weighted by Gasteiger charge is 2.16. The highest BCUT2D eigenvalue weighted by molar-refractivity contribution is 5.84. The Balaban J connectivity index is 1.70. The molecular weight excluding hydrogens is 246 g/mol. The van der Waals surface area contributed by atoms with Gasteiger partial charge in [-0.05, 0) is 57.5 Å². The van der Waals surface area contributed by atoms with Gasteiger partial charge in [-0.2, -0.15) is 0 Å². The maximum absolute atomic E-state index is 3.51. The molecule has 0 radical (unpaired) electrons. The second-order valence-electron chi connectivity index (χ2n) is 6.18. The molecule has 1 aromatic heterocycles. The summed E-state index contributed by atoms with van der Waals surface area (Å²) in [6.07, 6.45) is 2.69. The molecule has 1 atom stereocenters. The number of aryl methyl sites for hydroxylation is 1. The van der Waals surface area contributed by atoms with Gasteiger partial charge in [0.05, 0.1) is 0 Å². The minimum absolute atomic E-state index is 0.805. The molecule has 2 N–H and O–H groups in total. The SMILES string of the molecule is Cc1[nH]c2ccccc2c1CN(C)CC1CCCNC1. The van der Waals surface area contributed by atoms with E-state index in [1.54, 1.807) is 0 Å². The Bertz CT molecular complexity index is 567. The van der Waals surface area contributed by atoms with Crippen molar-refractivity contribution >= 4 is 10.9 Å². The maximum Gasteiger partial charge on any atom is 0.0459 e. The van der Waals surface area contributed by atoms with E-state index < -0.39 is 0 Å². The van der Waals surface area contributed by atoms with Crippen LogP contribution in [0.1, 0.15) is 24.1 Å². The van der Waals surface area contributed by atoms with E-state index in [4.69, 9.17) is 0 Å². The van der Waals surface area contributed by atoms with Gasteiger partial charge >= 0.3 is 0 Å². The third kappa shape index (κ3) is 2.89. The molecule has 3 rings (SSSR count). The van der Waals surface area contributed by atoms with E-state index in [0.717, 1.165) is 12.5 Å². The Morgan fingerprint density at radius 3 is 2.95 bits per heavy atom. The number of nitrogens with zero attached hydrogens (tertiary/aromatic N) is 1. The number of rotatable bonds is 4. The average molecular weight is 271 g/mol. The van der Waals surface area contributed by atoms with Gasteiger partial charge in [0.2, 0.25) is 0 Å². The van der Waals surface area contributed by atoms with Crippen molar-refractivity contribution in [3.63, 3.8) is 0 Å². The molecule has 1 aliphatic rings. The lowest BCUT2D eigenvalue weighted by Crippen LogP contribution is -2.36. The molecule has 2 aromatic rings. The van der Waals surface area contributed by atoms with Crippen molar-refractivity contribution < 1.29 is 0 Å². The van der Waals surface area contributed by atoms with E-state index in [1.807, 2.05) is 0 Å². The van der Waals surface area contributed by atoms with Crippen LogP contribution in [0.4, 0.5) is 0 Å². The van der Waals surface area contributed by atoms with Gasteiger partial charge in [-0.1, -0.05) is 18.2 Å². The fraction of sp³-hybridized carbons (Fsp3) is 0.529. The molecule has 1 fully saturated rings. The third-order valence-electron chi connectivity index (χ3n) is 4.42. The molecular formula is C17H25N3. The van der Waals surface area contributed by atoms with Gasteiger partial charge in [0.1, 0.15) is 0 Å². The summed E-state index contributed by atoms with van der Waals surface area (Å²) in [6, 6.07) is 8.62. The molecule has 3 nitrogen and oxygen atoms in total. The van der Waals surface area contributed by atoms with Gasteiger partial charge < -0.3 is 15.2 Å². The number of aromatic nitrogens is 1. The largest absolute Gasteiger partial charge is 0.358 e. The minimum Gasteiger partial charge on any atom is -0.358 e. The number of H-pyrrole nitrogens is 1. The fourth-order valence-corrected chi connectivity index (χ4v) is 3.39. The summed E-state index contributed by atoms with van der Waals surface area (Å²) in [5.74, 6) is 0.805. The van der Waals surface area contributed by atoms with Crippen LogP contribution in [0.2, 0.25) is 0 Å². The zero-order chi connectivity index (χ0) is 13.9. The third-order valence-corrected chi connectivity index (χ3v) is 4.42. The Kier molecular flexibility index (Phi) is 4.08. The molecule has 0 aliphatic carbocycles. The molecule has 20 heavy (non-hydrogen) atoms. The Labute approximate surface area is 121 Å². The second-order valence-corrected chi connectivity index (χ2v) is 6.18. The number of hydrogen-bond acceptors (Lipinski definition) is 2. The van der Waals surface area contributed by atoms with Crippen molar-refractivity contribution in [2.45, 2.75) is 26.3 Å². The van der Waals surface area contributed by atoms with Crippen molar-refractivity contribution in [3.05, 3.63) is 35.5 Å². The summed E-state index contributed by atoms with van der Waals surface area (Å²) in [5, 5.41) is 4.88. The van der Waals surface area contributed by atoms with E-state index in [-0.39, 0.29) is 0 Å². The summed E-state index contributed by atoms with van der Waals surface area (Å²) >= 11 is 0. The van der Waals surface area contributed by atoms with Gasteiger partial charge in [-0.15, -0.1) is 0 Å². The first kappa shape index (κ1) is 13.7. The Morgan fingerprint density at radius 2 is 2.15 bits per heavy atom. The smallest absolute Gasteiger partial charge is 0.0459 e. The molecule has 0 saturated carbocycles. The molecule has 108 valence electrons. The quantitative estimate of drug-likeness (QED) is 0.896. The number of para-hydroxylation sites is 1. The molecule has 0 amide bonds. The topological polar surface area (TPSA) is 31.1 Å². The first-order chi connectivity index (χ1) is 9.74. The predicted molar refractivity (Wildman–Crippen MR) is 85.0 cm³/mol. The van der Waals surface area contributed by atoms with Gasteiger partial charge in [-0.25, -0.2) is 0 Å². The van der Waals surface area contributed by atoms with Crippen LogP contribution in [0.3, 0.4) is 0 Å². The van der Waals surface area contributed by atoms with Crippen LogP contribution in [0.25, 0.3) is 10.9 Å². The van der Waals surface area contributed by atoms with Crippen LogP contribution in [-0.2, 0) is 6.54 Å². The molecule has 0 bridgehead atoms. The van der Waals surface area contributed by atoms with E-state index in [2.05, 4.69) is 53.4 Å². The van der Waals surface area contributed by atoms with Crippen LogP contribution in [0.15, 0.2) is 24.3 Å². The molecule has 2 heterocycles. The van der Waals surface area contributed by atoms with Gasteiger partial charge in [0, 0.05) is 29.7 Å². The standard InChI is InChI=1S/C17H25N3/c1-13-16(15-7-3-4-8-17(15)19-13)12-20(2)11-14-6-5-9-18-10-14/h3-4,7-8,14,18-19H,5-6,9-12H2,1-2H3. The minimum atomic E-state index is 0.805. The van der Waals surface area contributed by atoms with Gasteiger partial charge in [0.25, 0.3) is 0 Å². The normalized spacial score (nSPS) is 19.9. The summed E-state index contributed by atoms with van der Waals surface area (Å²) in [6.45, 7) is 6.78. The zero-order valence-electron chi connectivity index (χ0n) is 12.6. The number of benzene rings is 1. The van der Waals surface area contributed by atoms with Crippen molar-refractivity contribution in [2.24, 2.45) is 5.92 Å². The Hall–Kier alpha value is -1.32. The number of fused-ring (bicyclic) bond motifs is 1. The van der Waals surface area contributed by atoms with E-state index in [1.165, 1.54) is 54.6 Å². The second kappa shape index (κ2) is 5.98. The number of piperidine rings is 1. The highest BCUT2D eigenvalue weighted by Crippen LogP contribution is 2.23. The van der Waals surface area contributed by atoms with E-state index in [0.29, 0.717) is 0 Å². The van der Waals surface area contributed by atoms with Crippen LogP contribution in [-0.4, -0.2) is 36.6 Å². The van der Waals surface area contributed by atoms with E-state index in [9.17, 15) is 0 Å². The number of aromatic amines is 1. The van der Waals surface area contributed by atoms with Crippen LogP contribution < -0.4 is 5.32 Å². The monoisotopic (exact) mass is 271 g/mol. The average Bonchev–Trinajstić information content (AvgIpc) is 2.76. The first-order valence-corrected chi connectivity index (χ1v) is 7.69. The lowest BCUT2D eigenvalue weighted by atomic mass is 9.99. The summed E-state index contributed by atoms with van der Waals surface area (Å²) in [5.41, 5.74) is 4.01. The molecule has 3 heteroatoms. The lowest BCUT2D eigenvalue weighted by molar-refractivity contribution is 0.238. The molecule has 1 aliphatic heterocycles. The highest BCUT2D eigenvalue weighted by atomic mass is 15.1. The van der Waals surface area contributed by atoms with Gasteiger partial charge in [0.15, 0.2) is 0 Å². The molecule has 1 unspecified atom stereocenters. The summed E-state index contributed by atoms with van der Waals surface area (Å²) in [7, 11) is 2.25.